The lowest BCUT2D eigenvalue weighted by molar-refractivity contribution is 0.204. The van der Waals surface area contributed by atoms with Gasteiger partial charge in [0.25, 0.3) is 0 Å². The van der Waals surface area contributed by atoms with Crippen molar-refractivity contribution in [1.82, 2.24) is 0 Å². The average molecular weight is 449 g/mol. The van der Waals surface area contributed by atoms with E-state index in [-0.39, 0.29) is 12.2 Å². The van der Waals surface area contributed by atoms with Crippen molar-refractivity contribution in [1.29, 1.82) is 0 Å². The molecule has 32 heavy (non-hydrogen) atoms. The highest BCUT2D eigenvalue weighted by molar-refractivity contribution is 5.27. The summed E-state index contributed by atoms with van der Waals surface area (Å²) in [6.07, 6.45) is 12.0. The van der Waals surface area contributed by atoms with Gasteiger partial charge in [-0.15, -0.1) is 0 Å². The molecule has 1 unspecified atom stereocenters. The van der Waals surface area contributed by atoms with Gasteiger partial charge in [0.1, 0.15) is 5.82 Å². The molecular formula is C28H36F4. The fourth-order valence-corrected chi connectivity index (χ4v) is 5.22. The van der Waals surface area contributed by atoms with Crippen molar-refractivity contribution in [2.45, 2.75) is 84.5 Å². The van der Waals surface area contributed by atoms with Crippen LogP contribution in [0.4, 0.5) is 17.6 Å². The third-order valence-electron chi connectivity index (χ3n) is 7.31. The van der Waals surface area contributed by atoms with Crippen LogP contribution in [0.3, 0.4) is 0 Å². The number of rotatable bonds is 10. The van der Waals surface area contributed by atoms with Crippen LogP contribution in [0.2, 0.25) is 0 Å². The van der Waals surface area contributed by atoms with Crippen LogP contribution in [0.1, 0.15) is 81.9 Å². The second-order valence-corrected chi connectivity index (χ2v) is 9.76. The fraction of sp³-hybridized carbons (Fsp3) is 0.571. The summed E-state index contributed by atoms with van der Waals surface area (Å²) in [4.78, 5) is 0. The summed E-state index contributed by atoms with van der Waals surface area (Å²) < 4.78 is 54.5. The first-order chi connectivity index (χ1) is 15.4. The van der Waals surface area contributed by atoms with Gasteiger partial charge in [-0.25, -0.2) is 17.6 Å². The van der Waals surface area contributed by atoms with E-state index in [9.17, 15) is 17.6 Å². The highest BCUT2D eigenvalue weighted by Gasteiger charge is 2.25. The van der Waals surface area contributed by atoms with Gasteiger partial charge in [0, 0.05) is 0 Å². The first-order valence-electron chi connectivity index (χ1n) is 12.3. The van der Waals surface area contributed by atoms with Crippen LogP contribution in [0.15, 0.2) is 30.3 Å². The minimum atomic E-state index is -1.47. The Hall–Kier alpha value is -1.84. The predicted molar refractivity (Wildman–Crippen MR) is 123 cm³/mol. The standard InChI is InChI=1S/C28H36F4/c1-3-4-5-6-20-7-11-23(12-8-20)19(2)15-21-9-13-24(25(29)16-21)14-10-22-17-26(30)28(32)27(31)18-22/h9,13,16-20,23H,3-8,10-12,14-15H2,1-2H3. The largest absolute Gasteiger partial charge is 0.207 e. The molecule has 2 aromatic rings. The van der Waals surface area contributed by atoms with Gasteiger partial charge in [0.15, 0.2) is 17.5 Å². The molecule has 0 spiro atoms. The van der Waals surface area contributed by atoms with Crippen molar-refractivity contribution >= 4 is 0 Å². The van der Waals surface area contributed by atoms with Crippen LogP contribution in [-0.4, -0.2) is 0 Å². The van der Waals surface area contributed by atoms with Crippen LogP contribution >= 0.6 is 0 Å². The Labute approximate surface area is 190 Å². The van der Waals surface area contributed by atoms with Gasteiger partial charge < -0.3 is 0 Å². The molecule has 1 aliphatic rings. The summed E-state index contributed by atoms with van der Waals surface area (Å²) in [5.41, 5.74) is 1.84. The fourth-order valence-electron chi connectivity index (χ4n) is 5.22. The van der Waals surface area contributed by atoms with E-state index in [0.29, 0.717) is 29.4 Å². The van der Waals surface area contributed by atoms with E-state index in [4.69, 9.17) is 0 Å². The predicted octanol–water partition coefficient (Wildman–Crippen LogP) is 8.59. The Morgan fingerprint density at radius 2 is 1.47 bits per heavy atom. The lowest BCUT2D eigenvalue weighted by Gasteiger charge is -2.32. The van der Waals surface area contributed by atoms with Crippen molar-refractivity contribution in [3.63, 3.8) is 0 Å². The van der Waals surface area contributed by atoms with Crippen molar-refractivity contribution in [3.05, 3.63) is 70.3 Å². The maximum atomic E-state index is 14.7. The summed E-state index contributed by atoms with van der Waals surface area (Å²) in [6, 6.07) is 7.30. The van der Waals surface area contributed by atoms with Gasteiger partial charge in [-0.05, 0) is 84.7 Å². The molecule has 1 atom stereocenters. The van der Waals surface area contributed by atoms with Crippen molar-refractivity contribution < 1.29 is 17.6 Å². The molecule has 1 fully saturated rings. The monoisotopic (exact) mass is 448 g/mol. The number of aryl methyl sites for hydroxylation is 2. The minimum absolute atomic E-state index is 0.252. The summed E-state index contributed by atoms with van der Waals surface area (Å²) >= 11 is 0. The number of benzene rings is 2. The SMILES string of the molecule is CCCCCC1CCC(C(C)Cc2ccc(CCc3cc(F)c(F)c(F)c3)c(F)c2)CC1. The molecule has 1 aliphatic carbocycles. The second-order valence-electron chi connectivity index (χ2n) is 9.76. The Morgan fingerprint density at radius 3 is 2.09 bits per heavy atom. The van der Waals surface area contributed by atoms with E-state index < -0.39 is 17.5 Å². The van der Waals surface area contributed by atoms with Crippen LogP contribution < -0.4 is 0 Å². The normalized spacial score (nSPS) is 19.8. The van der Waals surface area contributed by atoms with Gasteiger partial charge in [0.2, 0.25) is 0 Å². The van der Waals surface area contributed by atoms with E-state index in [2.05, 4.69) is 13.8 Å². The zero-order valence-electron chi connectivity index (χ0n) is 19.4. The van der Waals surface area contributed by atoms with Crippen LogP contribution in [-0.2, 0) is 19.3 Å². The first kappa shape index (κ1) is 24.8. The van der Waals surface area contributed by atoms with Gasteiger partial charge in [-0.2, -0.15) is 0 Å². The average Bonchev–Trinajstić information content (AvgIpc) is 2.77. The molecule has 3 rings (SSSR count). The molecule has 0 amide bonds. The molecule has 0 radical (unpaired) electrons. The zero-order chi connectivity index (χ0) is 23.1. The van der Waals surface area contributed by atoms with E-state index in [1.807, 2.05) is 6.07 Å². The van der Waals surface area contributed by atoms with Gasteiger partial charge in [-0.3, -0.25) is 0 Å². The molecule has 0 aliphatic heterocycles. The zero-order valence-corrected chi connectivity index (χ0v) is 19.4. The molecule has 0 bridgehead atoms. The summed E-state index contributed by atoms with van der Waals surface area (Å²) in [5, 5.41) is 0. The van der Waals surface area contributed by atoms with E-state index in [1.165, 1.54) is 51.4 Å². The Balaban J connectivity index is 1.49. The van der Waals surface area contributed by atoms with E-state index in [1.54, 1.807) is 12.1 Å². The minimum Gasteiger partial charge on any atom is -0.207 e. The third kappa shape index (κ3) is 6.83. The third-order valence-corrected chi connectivity index (χ3v) is 7.31. The summed E-state index contributed by atoms with van der Waals surface area (Å²) in [5.74, 6) is -2.03. The van der Waals surface area contributed by atoms with Crippen LogP contribution in [0.25, 0.3) is 0 Å². The highest BCUT2D eigenvalue weighted by Crippen LogP contribution is 2.37. The molecule has 1 saturated carbocycles. The van der Waals surface area contributed by atoms with E-state index >= 15 is 0 Å². The lowest BCUT2D eigenvalue weighted by atomic mass is 9.73. The molecule has 0 heterocycles. The molecule has 4 heteroatoms. The quantitative estimate of drug-likeness (QED) is 0.194. The molecule has 176 valence electrons. The molecular weight excluding hydrogens is 412 g/mol. The Kier molecular flexibility index (Phi) is 9.19. The lowest BCUT2D eigenvalue weighted by Crippen LogP contribution is -2.21. The Bertz CT molecular complexity index is 845. The molecule has 0 saturated heterocycles. The van der Waals surface area contributed by atoms with Gasteiger partial charge in [-0.1, -0.05) is 64.5 Å². The van der Waals surface area contributed by atoms with Crippen LogP contribution in [0.5, 0.6) is 0 Å². The van der Waals surface area contributed by atoms with E-state index in [0.717, 1.165) is 30.0 Å². The topological polar surface area (TPSA) is 0 Å². The van der Waals surface area contributed by atoms with Crippen LogP contribution in [0, 0.1) is 41.0 Å². The number of hydrogen-bond acceptors (Lipinski definition) is 0. The van der Waals surface area contributed by atoms with Gasteiger partial charge in [0.05, 0.1) is 0 Å². The number of hydrogen-bond donors (Lipinski definition) is 0. The molecule has 2 aromatic carbocycles. The molecule has 0 N–H and O–H groups in total. The molecule has 0 nitrogen and oxygen atoms in total. The molecule has 0 aromatic heterocycles. The second kappa shape index (κ2) is 11.9. The maximum absolute atomic E-state index is 14.7. The van der Waals surface area contributed by atoms with Crippen molar-refractivity contribution in [2.24, 2.45) is 17.8 Å². The maximum Gasteiger partial charge on any atom is 0.194 e. The first-order valence-corrected chi connectivity index (χ1v) is 12.3. The number of unbranched alkanes of at least 4 members (excludes halogenated alkanes) is 2. The summed E-state index contributed by atoms with van der Waals surface area (Å²) in [6.45, 7) is 4.53. The van der Waals surface area contributed by atoms with Crippen molar-refractivity contribution in [3.8, 4) is 0 Å². The highest BCUT2D eigenvalue weighted by atomic mass is 19.2. The van der Waals surface area contributed by atoms with Gasteiger partial charge >= 0.3 is 0 Å². The summed E-state index contributed by atoms with van der Waals surface area (Å²) in [7, 11) is 0. The smallest absolute Gasteiger partial charge is 0.194 e. The Morgan fingerprint density at radius 1 is 0.812 bits per heavy atom. The number of halogens is 4. The van der Waals surface area contributed by atoms with Crippen molar-refractivity contribution in [2.75, 3.05) is 0 Å².